The highest BCUT2D eigenvalue weighted by Crippen LogP contribution is 2.39. The van der Waals surface area contributed by atoms with Gasteiger partial charge in [-0.3, -0.25) is 4.79 Å². The summed E-state index contributed by atoms with van der Waals surface area (Å²) in [4.78, 5) is 11.9. The van der Waals surface area contributed by atoms with Gasteiger partial charge in [-0.25, -0.2) is 0 Å². The number of hydrogen-bond donors (Lipinski definition) is 1. The van der Waals surface area contributed by atoms with Gasteiger partial charge < -0.3 is 9.88 Å². The summed E-state index contributed by atoms with van der Waals surface area (Å²) in [5.41, 5.74) is -0.678. The number of benzene rings is 1. The zero-order valence-electron chi connectivity index (χ0n) is 12.8. The molecule has 0 spiro atoms. The monoisotopic (exact) mass is 356 g/mol. The Morgan fingerprint density at radius 2 is 2.12 bits per heavy atom. The van der Waals surface area contributed by atoms with Crippen molar-refractivity contribution in [3.63, 3.8) is 0 Å². The molecule has 1 saturated carbocycles. The van der Waals surface area contributed by atoms with Crippen LogP contribution >= 0.6 is 11.8 Å². The van der Waals surface area contributed by atoms with E-state index < -0.39 is 17.6 Å². The molecule has 1 aromatic carbocycles. The Kier molecular flexibility index (Phi) is 4.53. The van der Waals surface area contributed by atoms with Crippen molar-refractivity contribution >= 4 is 23.4 Å². The van der Waals surface area contributed by atoms with Gasteiger partial charge >= 0.3 is 6.18 Å². The molecule has 1 fully saturated rings. The number of rotatable bonds is 5. The predicted molar refractivity (Wildman–Crippen MR) is 83.8 cm³/mol. The van der Waals surface area contributed by atoms with Gasteiger partial charge in [0.15, 0.2) is 5.16 Å². The normalized spacial score (nSPS) is 14.7. The van der Waals surface area contributed by atoms with Crippen LogP contribution in [0.1, 0.15) is 30.1 Å². The molecular formula is C15H15F3N4OS. The highest BCUT2D eigenvalue weighted by molar-refractivity contribution is 7.99. The number of nitrogens with one attached hydrogen (secondary N) is 1. The molecule has 1 N–H and O–H groups in total. The summed E-state index contributed by atoms with van der Waals surface area (Å²) in [6.07, 6.45) is -2.23. The van der Waals surface area contributed by atoms with E-state index in [0.29, 0.717) is 11.1 Å². The van der Waals surface area contributed by atoms with E-state index in [1.165, 1.54) is 23.9 Å². The van der Waals surface area contributed by atoms with Crippen molar-refractivity contribution in [2.75, 3.05) is 11.1 Å². The number of alkyl halides is 3. The molecule has 9 heteroatoms. The first kappa shape index (κ1) is 16.8. The molecule has 1 aromatic heterocycles. The molecule has 0 atom stereocenters. The highest BCUT2D eigenvalue weighted by Gasteiger charge is 2.31. The molecule has 128 valence electrons. The smallest absolute Gasteiger partial charge is 0.325 e. The molecule has 5 nitrogen and oxygen atoms in total. The van der Waals surface area contributed by atoms with Crippen molar-refractivity contribution in [2.45, 2.75) is 30.1 Å². The number of aromatic nitrogens is 3. The molecule has 1 aliphatic rings. The Balaban J connectivity index is 1.58. The lowest BCUT2D eigenvalue weighted by atomic mass is 10.2. The molecule has 0 bridgehead atoms. The fourth-order valence-corrected chi connectivity index (χ4v) is 2.97. The van der Waals surface area contributed by atoms with E-state index in [1.807, 2.05) is 11.6 Å². The van der Waals surface area contributed by atoms with Crippen LogP contribution in [0, 0.1) is 0 Å². The maximum atomic E-state index is 12.7. The fraction of sp³-hybridized carbons (Fsp3) is 0.400. The van der Waals surface area contributed by atoms with Crippen LogP contribution in [-0.2, 0) is 18.0 Å². The van der Waals surface area contributed by atoms with Gasteiger partial charge in [0.05, 0.1) is 11.3 Å². The second kappa shape index (κ2) is 6.46. The van der Waals surface area contributed by atoms with Crippen molar-refractivity contribution in [2.24, 2.45) is 7.05 Å². The van der Waals surface area contributed by atoms with Gasteiger partial charge in [0.1, 0.15) is 5.82 Å². The summed E-state index contributed by atoms with van der Waals surface area (Å²) >= 11 is 1.21. The number of carbonyl (C=O) groups is 1. The maximum Gasteiger partial charge on any atom is 0.416 e. The lowest BCUT2D eigenvalue weighted by molar-refractivity contribution is -0.137. The van der Waals surface area contributed by atoms with E-state index in [0.717, 1.165) is 30.8 Å². The van der Waals surface area contributed by atoms with E-state index in [4.69, 9.17) is 0 Å². The van der Waals surface area contributed by atoms with Crippen molar-refractivity contribution in [3.8, 4) is 0 Å². The number of carbonyl (C=O) groups excluding carboxylic acids is 1. The third kappa shape index (κ3) is 3.89. The minimum atomic E-state index is -4.44. The van der Waals surface area contributed by atoms with Crippen LogP contribution in [0.5, 0.6) is 0 Å². The predicted octanol–water partition coefficient (Wildman–Crippen LogP) is 3.44. The molecule has 0 radical (unpaired) electrons. The third-order valence-corrected chi connectivity index (χ3v) is 4.64. The van der Waals surface area contributed by atoms with Crippen LogP contribution in [0.15, 0.2) is 29.4 Å². The molecule has 1 amide bonds. The Morgan fingerprint density at radius 3 is 2.79 bits per heavy atom. The number of thioether (sulfide) groups is 1. The number of nitrogens with zero attached hydrogens (tertiary/aromatic N) is 3. The van der Waals surface area contributed by atoms with Gasteiger partial charge in [-0.2, -0.15) is 13.2 Å². The summed E-state index contributed by atoms with van der Waals surface area (Å²) in [7, 11) is 1.85. The SMILES string of the molecule is Cn1c(SCC(=O)Nc2cccc(C(F)(F)F)c2)nnc1C1CC1. The lowest BCUT2D eigenvalue weighted by Crippen LogP contribution is -2.15. The second-order valence-corrected chi connectivity index (χ2v) is 6.53. The van der Waals surface area contributed by atoms with Gasteiger partial charge in [-0.1, -0.05) is 17.8 Å². The number of halogens is 3. The van der Waals surface area contributed by atoms with Crippen LogP contribution < -0.4 is 5.32 Å². The van der Waals surface area contributed by atoms with E-state index in [2.05, 4.69) is 15.5 Å². The first-order valence-electron chi connectivity index (χ1n) is 7.34. The third-order valence-electron chi connectivity index (χ3n) is 3.62. The summed E-state index contributed by atoms with van der Waals surface area (Å²) in [6.45, 7) is 0. The minimum absolute atomic E-state index is 0.0485. The van der Waals surface area contributed by atoms with Crippen molar-refractivity contribution in [1.29, 1.82) is 0 Å². The molecule has 3 rings (SSSR count). The lowest BCUT2D eigenvalue weighted by Gasteiger charge is -2.09. The average molecular weight is 356 g/mol. The van der Waals surface area contributed by atoms with E-state index in [-0.39, 0.29) is 11.4 Å². The summed E-state index contributed by atoms with van der Waals surface area (Å²) in [5, 5.41) is 11.3. The molecule has 0 saturated heterocycles. The van der Waals surface area contributed by atoms with Crippen LogP contribution in [-0.4, -0.2) is 26.4 Å². The first-order chi connectivity index (χ1) is 11.3. The molecular weight excluding hydrogens is 341 g/mol. The Bertz CT molecular complexity index is 755. The molecule has 0 unspecified atom stereocenters. The summed E-state index contributed by atoms with van der Waals surface area (Å²) < 4.78 is 39.8. The van der Waals surface area contributed by atoms with Crippen LogP contribution in [0.4, 0.5) is 18.9 Å². The van der Waals surface area contributed by atoms with E-state index in [1.54, 1.807) is 0 Å². The average Bonchev–Trinajstić information content (AvgIpc) is 3.29. The number of anilines is 1. The summed E-state index contributed by atoms with van der Waals surface area (Å²) in [5.74, 6) is 1.02. The van der Waals surface area contributed by atoms with Crippen molar-refractivity contribution in [3.05, 3.63) is 35.7 Å². The zero-order chi connectivity index (χ0) is 17.3. The zero-order valence-corrected chi connectivity index (χ0v) is 13.6. The van der Waals surface area contributed by atoms with Crippen LogP contribution in [0.25, 0.3) is 0 Å². The van der Waals surface area contributed by atoms with Gasteiger partial charge in [0, 0.05) is 18.7 Å². The Hall–Kier alpha value is -2.03. The molecule has 24 heavy (non-hydrogen) atoms. The van der Waals surface area contributed by atoms with E-state index >= 15 is 0 Å². The molecule has 1 heterocycles. The highest BCUT2D eigenvalue weighted by atomic mass is 32.2. The molecule has 1 aliphatic carbocycles. The maximum absolute atomic E-state index is 12.7. The standard InChI is InChI=1S/C15H15F3N4OS/c1-22-13(9-5-6-9)20-21-14(22)24-8-12(23)19-11-4-2-3-10(7-11)15(16,17)18/h2-4,7,9H,5-6,8H2,1H3,(H,19,23). The van der Waals surface area contributed by atoms with Gasteiger partial charge in [-0.15, -0.1) is 10.2 Å². The second-order valence-electron chi connectivity index (χ2n) is 5.59. The van der Waals surface area contributed by atoms with E-state index in [9.17, 15) is 18.0 Å². The van der Waals surface area contributed by atoms with Gasteiger partial charge in [0.25, 0.3) is 0 Å². The molecule has 0 aliphatic heterocycles. The van der Waals surface area contributed by atoms with Crippen LogP contribution in [0.3, 0.4) is 0 Å². The van der Waals surface area contributed by atoms with Gasteiger partial charge in [0.2, 0.25) is 5.91 Å². The van der Waals surface area contributed by atoms with Crippen LogP contribution in [0.2, 0.25) is 0 Å². The Labute approximate surface area is 140 Å². The van der Waals surface area contributed by atoms with Crippen molar-refractivity contribution in [1.82, 2.24) is 14.8 Å². The Morgan fingerprint density at radius 1 is 1.38 bits per heavy atom. The largest absolute Gasteiger partial charge is 0.416 e. The number of amides is 1. The minimum Gasteiger partial charge on any atom is -0.325 e. The first-order valence-corrected chi connectivity index (χ1v) is 8.32. The molecule has 2 aromatic rings. The fourth-order valence-electron chi connectivity index (χ4n) is 2.25. The number of hydrogen-bond acceptors (Lipinski definition) is 4. The van der Waals surface area contributed by atoms with Crippen molar-refractivity contribution < 1.29 is 18.0 Å². The van der Waals surface area contributed by atoms with Gasteiger partial charge in [-0.05, 0) is 31.0 Å². The summed E-state index contributed by atoms with van der Waals surface area (Å²) in [6, 6.07) is 4.56. The topological polar surface area (TPSA) is 59.8 Å². The quantitative estimate of drug-likeness (QED) is 0.834.